The third-order valence-corrected chi connectivity index (χ3v) is 1.63. The van der Waals surface area contributed by atoms with Crippen LogP contribution in [0.3, 0.4) is 0 Å². The summed E-state index contributed by atoms with van der Waals surface area (Å²) in [7, 11) is 0. The van der Waals surface area contributed by atoms with Crippen molar-refractivity contribution in [3.8, 4) is 0 Å². The van der Waals surface area contributed by atoms with E-state index < -0.39 is 17.7 Å². The van der Waals surface area contributed by atoms with Gasteiger partial charge in [-0.1, -0.05) is 6.07 Å². The highest BCUT2D eigenvalue weighted by Gasteiger charge is 2.05. The Morgan fingerprint density at radius 1 is 1.38 bits per heavy atom. The predicted molar refractivity (Wildman–Crippen MR) is 44.1 cm³/mol. The molecule has 0 spiro atoms. The van der Waals surface area contributed by atoms with Crippen LogP contribution in [0, 0.1) is 11.6 Å². The first-order valence-corrected chi connectivity index (χ1v) is 3.78. The summed E-state index contributed by atoms with van der Waals surface area (Å²) < 4.78 is 25.1. The molecule has 1 aromatic carbocycles. The Bertz CT molecular complexity index is 314. The van der Waals surface area contributed by atoms with Crippen LogP contribution in [0.1, 0.15) is 5.56 Å². The van der Waals surface area contributed by atoms with Crippen LogP contribution in [0.2, 0.25) is 0 Å². The van der Waals surface area contributed by atoms with Crippen LogP contribution in [0.4, 0.5) is 8.78 Å². The van der Waals surface area contributed by atoms with Crippen molar-refractivity contribution in [2.24, 2.45) is 5.73 Å². The van der Waals surface area contributed by atoms with Crippen LogP contribution in [-0.2, 0) is 11.2 Å². The molecule has 0 saturated carbocycles. The molecular weight excluding hydrogens is 176 g/mol. The normalized spacial score (nSPS) is 12.5. The minimum Gasteiger partial charge on any atom is -0.321 e. The van der Waals surface area contributed by atoms with Gasteiger partial charge in [0.15, 0.2) is 11.6 Å². The Hall–Kier alpha value is -1.29. The van der Waals surface area contributed by atoms with Gasteiger partial charge in [-0.2, -0.15) is 0 Å². The maximum Gasteiger partial charge on any atom is 0.159 e. The van der Waals surface area contributed by atoms with Crippen molar-refractivity contribution in [1.82, 2.24) is 0 Å². The first-order chi connectivity index (χ1) is 6.13. The second-order valence-corrected chi connectivity index (χ2v) is 2.75. The Balaban J connectivity index is 2.79. The van der Waals surface area contributed by atoms with Gasteiger partial charge in [0.2, 0.25) is 0 Å². The number of rotatable bonds is 3. The molecule has 0 aliphatic heterocycles. The number of benzene rings is 1. The number of carbonyl (C=O) groups excluding carboxylic acids is 1. The Labute approximate surface area is 74.4 Å². The first kappa shape index (κ1) is 9.80. The highest BCUT2D eigenvalue weighted by Crippen LogP contribution is 2.09. The maximum absolute atomic E-state index is 12.6. The molecule has 1 rings (SSSR count). The first-order valence-electron chi connectivity index (χ1n) is 3.78. The summed E-state index contributed by atoms with van der Waals surface area (Å²) in [6.45, 7) is 0. The lowest BCUT2D eigenvalue weighted by molar-refractivity contribution is -0.108. The van der Waals surface area contributed by atoms with E-state index >= 15 is 0 Å². The number of hydrogen-bond acceptors (Lipinski definition) is 2. The van der Waals surface area contributed by atoms with Gasteiger partial charge in [0, 0.05) is 0 Å². The van der Waals surface area contributed by atoms with Crippen LogP contribution in [0.25, 0.3) is 0 Å². The quantitative estimate of drug-likeness (QED) is 0.715. The molecule has 0 saturated heterocycles. The molecule has 0 fully saturated rings. The third-order valence-electron chi connectivity index (χ3n) is 1.63. The van der Waals surface area contributed by atoms with Crippen molar-refractivity contribution in [1.29, 1.82) is 0 Å². The van der Waals surface area contributed by atoms with E-state index in [4.69, 9.17) is 5.73 Å². The number of carbonyl (C=O) groups is 1. The number of aldehydes is 1. The molecular formula is C9H9F2NO. The van der Waals surface area contributed by atoms with E-state index in [1.807, 2.05) is 0 Å². The lowest BCUT2D eigenvalue weighted by Crippen LogP contribution is -2.24. The summed E-state index contributed by atoms with van der Waals surface area (Å²) in [4.78, 5) is 10.2. The van der Waals surface area contributed by atoms with Crippen molar-refractivity contribution in [3.05, 3.63) is 35.4 Å². The number of nitrogens with two attached hydrogens (primary N) is 1. The fourth-order valence-corrected chi connectivity index (χ4v) is 0.987. The zero-order valence-corrected chi connectivity index (χ0v) is 6.84. The molecule has 0 amide bonds. The van der Waals surface area contributed by atoms with Gasteiger partial charge in [-0.05, 0) is 24.1 Å². The van der Waals surface area contributed by atoms with Crippen molar-refractivity contribution in [2.45, 2.75) is 12.5 Å². The van der Waals surface area contributed by atoms with Gasteiger partial charge in [0.1, 0.15) is 6.29 Å². The van der Waals surface area contributed by atoms with E-state index in [1.54, 1.807) is 0 Å². The molecule has 70 valence electrons. The minimum absolute atomic E-state index is 0.223. The highest BCUT2D eigenvalue weighted by atomic mass is 19.2. The number of hydrogen-bond donors (Lipinski definition) is 1. The van der Waals surface area contributed by atoms with Gasteiger partial charge in [0.05, 0.1) is 6.04 Å². The molecule has 1 aromatic rings. The van der Waals surface area contributed by atoms with Crippen LogP contribution < -0.4 is 5.73 Å². The molecule has 0 aliphatic rings. The van der Waals surface area contributed by atoms with Crippen molar-refractivity contribution < 1.29 is 13.6 Å². The third kappa shape index (κ3) is 2.59. The van der Waals surface area contributed by atoms with Gasteiger partial charge in [0.25, 0.3) is 0 Å². The monoisotopic (exact) mass is 185 g/mol. The molecule has 4 heteroatoms. The van der Waals surface area contributed by atoms with Gasteiger partial charge < -0.3 is 10.5 Å². The summed E-state index contributed by atoms with van der Waals surface area (Å²) >= 11 is 0. The average Bonchev–Trinajstić information content (AvgIpc) is 2.11. The summed E-state index contributed by atoms with van der Waals surface area (Å²) in [6.07, 6.45) is 0.794. The Kier molecular flexibility index (Phi) is 3.08. The van der Waals surface area contributed by atoms with E-state index in [0.717, 1.165) is 12.1 Å². The molecule has 2 nitrogen and oxygen atoms in total. The van der Waals surface area contributed by atoms with Gasteiger partial charge in [-0.3, -0.25) is 0 Å². The minimum atomic E-state index is -0.921. The van der Waals surface area contributed by atoms with Crippen molar-refractivity contribution >= 4 is 6.29 Å². The molecule has 1 atom stereocenters. The fraction of sp³-hybridized carbons (Fsp3) is 0.222. The molecule has 2 N–H and O–H groups in total. The van der Waals surface area contributed by atoms with E-state index in [2.05, 4.69) is 0 Å². The number of halogens is 2. The largest absolute Gasteiger partial charge is 0.321 e. The Morgan fingerprint density at radius 3 is 2.62 bits per heavy atom. The van der Waals surface area contributed by atoms with E-state index in [-0.39, 0.29) is 6.42 Å². The summed E-state index contributed by atoms with van der Waals surface area (Å²) in [6, 6.07) is 2.80. The second kappa shape index (κ2) is 4.09. The van der Waals surface area contributed by atoms with Crippen LogP contribution in [-0.4, -0.2) is 12.3 Å². The molecule has 0 aliphatic carbocycles. The molecule has 0 heterocycles. The maximum atomic E-state index is 12.6. The average molecular weight is 185 g/mol. The zero-order chi connectivity index (χ0) is 9.84. The van der Waals surface area contributed by atoms with Gasteiger partial charge in [-0.15, -0.1) is 0 Å². The summed E-state index contributed by atoms with van der Waals surface area (Å²) in [5.74, 6) is -1.82. The molecule has 13 heavy (non-hydrogen) atoms. The molecule has 0 bridgehead atoms. The van der Waals surface area contributed by atoms with Crippen molar-refractivity contribution in [2.75, 3.05) is 0 Å². The highest BCUT2D eigenvalue weighted by molar-refractivity contribution is 5.57. The SMILES string of the molecule is N[C@H](C=O)Cc1ccc(F)c(F)c1. The molecule has 0 aromatic heterocycles. The topological polar surface area (TPSA) is 43.1 Å². The second-order valence-electron chi connectivity index (χ2n) is 2.75. The predicted octanol–water partition coefficient (Wildman–Crippen LogP) is 1.03. The van der Waals surface area contributed by atoms with Crippen molar-refractivity contribution in [3.63, 3.8) is 0 Å². The van der Waals surface area contributed by atoms with Crippen LogP contribution in [0.5, 0.6) is 0 Å². The fourth-order valence-electron chi connectivity index (χ4n) is 0.987. The van der Waals surface area contributed by atoms with Gasteiger partial charge in [-0.25, -0.2) is 8.78 Å². The smallest absolute Gasteiger partial charge is 0.159 e. The van der Waals surface area contributed by atoms with E-state index in [0.29, 0.717) is 11.8 Å². The summed E-state index contributed by atoms with van der Waals surface area (Å²) in [5, 5.41) is 0. The lowest BCUT2D eigenvalue weighted by Gasteiger charge is -2.03. The lowest BCUT2D eigenvalue weighted by atomic mass is 10.1. The zero-order valence-electron chi connectivity index (χ0n) is 6.84. The van der Waals surface area contributed by atoms with E-state index in [9.17, 15) is 13.6 Å². The standard InChI is InChI=1S/C9H9F2NO/c10-8-2-1-6(4-9(8)11)3-7(12)5-13/h1-2,4-5,7H,3,12H2/t7-/m0/s1. The van der Waals surface area contributed by atoms with Gasteiger partial charge >= 0.3 is 0 Å². The molecule has 0 unspecified atom stereocenters. The van der Waals surface area contributed by atoms with Crippen LogP contribution in [0.15, 0.2) is 18.2 Å². The Morgan fingerprint density at radius 2 is 2.08 bits per heavy atom. The van der Waals surface area contributed by atoms with Crippen LogP contribution >= 0.6 is 0 Å². The summed E-state index contributed by atoms with van der Waals surface area (Å²) in [5.41, 5.74) is 5.82. The molecule has 0 radical (unpaired) electrons. The van der Waals surface area contributed by atoms with E-state index in [1.165, 1.54) is 6.07 Å².